The Morgan fingerprint density at radius 3 is 2.62 bits per heavy atom. The van der Waals surface area contributed by atoms with Crippen LogP contribution in [0.2, 0.25) is 0 Å². The van der Waals surface area contributed by atoms with Gasteiger partial charge in [-0.1, -0.05) is 30.3 Å². The van der Waals surface area contributed by atoms with E-state index in [0.29, 0.717) is 0 Å². The Labute approximate surface area is 77.8 Å². The first-order valence-electron chi connectivity index (χ1n) is 4.26. The molecule has 2 rings (SSSR count). The Bertz CT molecular complexity index is 282. The van der Waals surface area contributed by atoms with Gasteiger partial charge >= 0.3 is 0 Å². The van der Waals surface area contributed by atoms with E-state index in [4.69, 9.17) is 0 Å². The fourth-order valence-electron chi connectivity index (χ4n) is 1.35. The van der Waals surface area contributed by atoms with E-state index in [9.17, 15) is 0 Å². The first kappa shape index (κ1) is 9.74. The summed E-state index contributed by atoms with van der Waals surface area (Å²) in [5, 5.41) is 3.26. The zero-order chi connectivity index (χ0) is 8.23. The molecule has 3 N–H and O–H groups in total. The number of aliphatic imine (C=N–C) groups is 1. The molecular formula is C10H14N2O. The molecule has 0 saturated carbocycles. The van der Waals surface area contributed by atoms with E-state index < -0.39 is 0 Å². The van der Waals surface area contributed by atoms with Crippen LogP contribution < -0.4 is 5.32 Å². The Hall–Kier alpha value is -1.35. The molecule has 1 aromatic carbocycles. The number of nitrogens with zero attached hydrogens (tertiary/aromatic N) is 1. The molecule has 0 aliphatic carbocycles. The van der Waals surface area contributed by atoms with Crippen LogP contribution in [0, 0.1) is 0 Å². The molecule has 0 unspecified atom stereocenters. The SMILES string of the molecule is O.c1ccc(CC2=NCCN2)cc1. The molecule has 0 radical (unpaired) electrons. The van der Waals surface area contributed by atoms with Crippen LogP contribution in [-0.2, 0) is 6.42 Å². The van der Waals surface area contributed by atoms with Crippen LogP contribution in [0.3, 0.4) is 0 Å². The highest BCUT2D eigenvalue weighted by atomic mass is 16.0. The number of hydrogen-bond donors (Lipinski definition) is 1. The van der Waals surface area contributed by atoms with E-state index in [-0.39, 0.29) is 5.48 Å². The maximum absolute atomic E-state index is 4.34. The average molecular weight is 178 g/mol. The van der Waals surface area contributed by atoms with Crippen molar-refractivity contribution in [1.82, 2.24) is 5.32 Å². The van der Waals surface area contributed by atoms with Gasteiger partial charge in [-0.05, 0) is 5.56 Å². The van der Waals surface area contributed by atoms with Gasteiger partial charge < -0.3 is 10.8 Å². The Morgan fingerprint density at radius 1 is 1.23 bits per heavy atom. The van der Waals surface area contributed by atoms with Crippen LogP contribution in [-0.4, -0.2) is 24.4 Å². The first-order chi connectivity index (χ1) is 5.95. The summed E-state index contributed by atoms with van der Waals surface area (Å²) in [6.45, 7) is 1.93. The zero-order valence-corrected chi connectivity index (χ0v) is 7.46. The lowest BCUT2D eigenvalue weighted by Gasteiger charge is -2.00. The molecule has 0 atom stereocenters. The maximum Gasteiger partial charge on any atom is 0.101 e. The second kappa shape index (κ2) is 4.62. The van der Waals surface area contributed by atoms with E-state index in [0.717, 1.165) is 25.3 Å². The first-order valence-corrected chi connectivity index (χ1v) is 4.26. The molecule has 1 aromatic rings. The molecule has 0 bridgehead atoms. The number of benzene rings is 1. The van der Waals surface area contributed by atoms with Gasteiger partial charge in [-0.3, -0.25) is 4.99 Å². The van der Waals surface area contributed by atoms with Crippen molar-refractivity contribution < 1.29 is 5.48 Å². The van der Waals surface area contributed by atoms with Gasteiger partial charge in [0.05, 0.1) is 6.54 Å². The third kappa shape index (κ3) is 2.56. The fourth-order valence-corrected chi connectivity index (χ4v) is 1.35. The van der Waals surface area contributed by atoms with E-state index >= 15 is 0 Å². The summed E-state index contributed by atoms with van der Waals surface area (Å²) in [4.78, 5) is 4.34. The van der Waals surface area contributed by atoms with Crippen LogP contribution >= 0.6 is 0 Å². The van der Waals surface area contributed by atoms with E-state index in [2.05, 4.69) is 34.6 Å². The number of nitrogens with one attached hydrogen (secondary N) is 1. The largest absolute Gasteiger partial charge is 0.412 e. The van der Waals surface area contributed by atoms with Crippen LogP contribution in [0.5, 0.6) is 0 Å². The standard InChI is InChI=1S/C10H12N2.H2O/c1-2-4-9(5-3-1)8-10-11-6-7-12-10;/h1-5H,6-8H2,(H,11,12);1H2. The van der Waals surface area contributed by atoms with Gasteiger partial charge in [0, 0.05) is 13.0 Å². The van der Waals surface area contributed by atoms with Crippen molar-refractivity contribution in [2.24, 2.45) is 4.99 Å². The van der Waals surface area contributed by atoms with Crippen molar-refractivity contribution in [2.45, 2.75) is 6.42 Å². The van der Waals surface area contributed by atoms with Gasteiger partial charge in [-0.2, -0.15) is 0 Å². The third-order valence-electron chi connectivity index (χ3n) is 1.96. The van der Waals surface area contributed by atoms with Gasteiger partial charge in [0.2, 0.25) is 0 Å². The highest BCUT2D eigenvalue weighted by Crippen LogP contribution is 2.01. The average Bonchev–Trinajstić information content (AvgIpc) is 2.59. The molecule has 1 aliphatic rings. The normalized spacial score (nSPS) is 14.3. The van der Waals surface area contributed by atoms with E-state index in [1.54, 1.807) is 0 Å². The lowest BCUT2D eigenvalue weighted by molar-refractivity contribution is 0.824. The minimum Gasteiger partial charge on any atom is -0.412 e. The molecule has 3 nitrogen and oxygen atoms in total. The molecule has 13 heavy (non-hydrogen) atoms. The number of amidine groups is 1. The lowest BCUT2D eigenvalue weighted by atomic mass is 10.1. The maximum atomic E-state index is 4.34. The quantitative estimate of drug-likeness (QED) is 0.700. The van der Waals surface area contributed by atoms with Crippen molar-refractivity contribution in [3.05, 3.63) is 35.9 Å². The summed E-state index contributed by atoms with van der Waals surface area (Å²) in [6.07, 6.45) is 0.945. The van der Waals surface area contributed by atoms with E-state index in [1.807, 2.05) is 6.07 Å². The number of hydrogen-bond acceptors (Lipinski definition) is 2. The monoisotopic (exact) mass is 178 g/mol. The topological polar surface area (TPSA) is 55.9 Å². The molecule has 70 valence electrons. The van der Waals surface area contributed by atoms with Crippen molar-refractivity contribution >= 4 is 5.84 Å². The molecular weight excluding hydrogens is 164 g/mol. The summed E-state index contributed by atoms with van der Waals surface area (Å²) in [5.74, 6) is 1.13. The van der Waals surface area contributed by atoms with Crippen molar-refractivity contribution in [1.29, 1.82) is 0 Å². The summed E-state index contributed by atoms with van der Waals surface area (Å²) in [7, 11) is 0. The number of rotatable bonds is 2. The van der Waals surface area contributed by atoms with E-state index in [1.165, 1.54) is 5.56 Å². The van der Waals surface area contributed by atoms with Gasteiger partial charge in [0.1, 0.15) is 5.84 Å². The van der Waals surface area contributed by atoms with Crippen molar-refractivity contribution in [3.8, 4) is 0 Å². The Balaban J connectivity index is 0.000000845. The Kier molecular flexibility index (Phi) is 3.46. The molecule has 1 aliphatic heterocycles. The predicted octanol–water partition coefficient (Wildman–Crippen LogP) is 0.406. The summed E-state index contributed by atoms with van der Waals surface area (Å²) in [6, 6.07) is 10.4. The van der Waals surface area contributed by atoms with Gasteiger partial charge in [0.25, 0.3) is 0 Å². The zero-order valence-electron chi connectivity index (χ0n) is 7.46. The molecule has 0 aromatic heterocycles. The van der Waals surface area contributed by atoms with Gasteiger partial charge in [-0.25, -0.2) is 0 Å². The molecule has 0 saturated heterocycles. The highest BCUT2D eigenvalue weighted by Gasteiger charge is 2.04. The van der Waals surface area contributed by atoms with Crippen molar-refractivity contribution in [3.63, 3.8) is 0 Å². The molecule has 0 fully saturated rings. The molecule has 1 heterocycles. The predicted molar refractivity (Wildman–Crippen MR) is 54.1 cm³/mol. The summed E-state index contributed by atoms with van der Waals surface area (Å²) < 4.78 is 0. The molecule has 0 amide bonds. The third-order valence-corrected chi connectivity index (χ3v) is 1.96. The second-order valence-corrected chi connectivity index (χ2v) is 2.92. The smallest absolute Gasteiger partial charge is 0.101 e. The fraction of sp³-hybridized carbons (Fsp3) is 0.300. The summed E-state index contributed by atoms with van der Waals surface area (Å²) in [5.41, 5.74) is 1.32. The van der Waals surface area contributed by atoms with Gasteiger partial charge in [0.15, 0.2) is 0 Å². The van der Waals surface area contributed by atoms with Crippen molar-refractivity contribution in [2.75, 3.05) is 13.1 Å². The Morgan fingerprint density at radius 2 is 2.00 bits per heavy atom. The minimum absolute atomic E-state index is 0. The minimum atomic E-state index is 0. The lowest BCUT2D eigenvalue weighted by Crippen LogP contribution is -2.20. The van der Waals surface area contributed by atoms with Crippen LogP contribution in [0.1, 0.15) is 5.56 Å². The van der Waals surface area contributed by atoms with Crippen LogP contribution in [0.25, 0.3) is 0 Å². The highest BCUT2D eigenvalue weighted by molar-refractivity contribution is 5.85. The van der Waals surface area contributed by atoms with Crippen LogP contribution in [0.15, 0.2) is 35.3 Å². The second-order valence-electron chi connectivity index (χ2n) is 2.92. The van der Waals surface area contributed by atoms with Gasteiger partial charge in [-0.15, -0.1) is 0 Å². The molecule has 3 heteroatoms. The van der Waals surface area contributed by atoms with Crippen LogP contribution in [0.4, 0.5) is 0 Å². The molecule has 0 spiro atoms. The summed E-state index contributed by atoms with van der Waals surface area (Å²) >= 11 is 0.